The number of nitrogens with zero attached hydrogens (tertiary/aromatic N) is 4. The lowest BCUT2D eigenvalue weighted by Gasteiger charge is -2.35. The molecule has 2 heterocycles. The fourth-order valence-electron chi connectivity index (χ4n) is 4.81. The Morgan fingerprint density at radius 1 is 1.21 bits per heavy atom. The number of hydrogen-bond donors (Lipinski definition) is 3. The molecular weight excluding hydrogens is 543 g/mol. The van der Waals surface area contributed by atoms with Crippen LogP contribution in [-0.4, -0.2) is 58.8 Å². The van der Waals surface area contributed by atoms with Gasteiger partial charge in [-0.05, 0) is 63.4 Å². The zero-order valence-electron chi connectivity index (χ0n) is 24.1. The molecule has 4 rings (SSSR count). The lowest BCUT2D eigenvalue weighted by atomic mass is 9.99. The third-order valence-corrected chi connectivity index (χ3v) is 6.76. The number of nitriles is 1. The van der Waals surface area contributed by atoms with Crippen LogP contribution < -0.4 is 26.2 Å². The van der Waals surface area contributed by atoms with Crippen molar-refractivity contribution in [1.82, 2.24) is 14.9 Å². The lowest BCUT2D eigenvalue weighted by Crippen LogP contribution is -2.48. The Morgan fingerprint density at radius 3 is 2.40 bits per heavy atom. The van der Waals surface area contributed by atoms with Crippen LogP contribution in [0.25, 0.3) is 22.4 Å². The zero-order valence-corrected chi connectivity index (χ0v) is 24.1. The van der Waals surface area contributed by atoms with Crippen LogP contribution in [0, 0.1) is 17.1 Å². The van der Waals surface area contributed by atoms with Crippen LogP contribution in [-0.2, 0) is 11.3 Å². The first-order valence-corrected chi connectivity index (χ1v) is 13.6. The summed E-state index contributed by atoms with van der Waals surface area (Å²) in [6, 6.07) is 12.5. The summed E-state index contributed by atoms with van der Waals surface area (Å²) in [4.78, 5) is 33.2. The topological polar surface area (TPSA) is 156 Å². The standard InChI is InChI=1S/C30H35FN6O5/c1-30(2,3)42-29(40)34-21-11-13-36(14-12-21)28-35-26(19-5-6-20(16-32)23(31)15-19)25(27(39)37(28)17-24(33)38)18-7-9-22(41-4)10-8-18/h5-10,15,21,24,38H,11-14,17,33H2,1-4H3,(H,34,40). The number of hydrogen-bond acceptors (Lipinski definition) is 9. The van der Waals surface area contributed by atoms with E-state index in [1.165, 1.54) is 23.8 Å². The molecule has 0 spiro atoms. The van der Waals surface area contributed by atoms with E-state index in [1.54, 1.807) is 57.2 Å². The Morgan fingerprint density at radius 2 is 1.86 bits per heavy atom. The Balaban J connectivity index is 1.79. The van der Waals surface area contributed by atoms with Crippen LogP contribution in [0.15, 0.2) is 47.3 Å². The number of aliphatic hydroxyl groups is 1. The molecule has 0 radical (unpaired) electrons. The predicted molar refractivity (Wildman–Crippen MR) is 155 cm³/mol. The summed E-state index contributed by atoms with van der Waals surface area (Å²) >= 11 is 0. The van der Waals surface area contributed by atoms with Crippen molar-refractivity contribution >= 4 is 12.0 Å². The molecule has 3 aromatic rings. The number of carbonyl (C=O) groups excluding carboxylic acids is 1. The minimum absolute atomic E-state index is 0.135. The van der Waals surface area contributed by atoms with Gasteiger partial charge in [0.25, 0.3) is 5.56 Å². The summed E-state index contributed by atoms with van der Waals surface area (Å²) in [6.07, 6.45) is -0.768. The van der Waals surface area contributed by atoms with Crippen LogP contribution in [0.4, 0.5) is 15.1 Å². The van der Waals surface area contributed by atoms with E-state index < -0.39 is 29.3 Å². The fraction of sp³-hybridized carbons (Fsp3) is 0.400. The maximum Gasteiger partial charge on any atom is 0.407 e. The molecule has 0 bridgehead atoms. The molecule has 0 aliphatic carbocycles. The summed E-state index contributed by atoms with van der Waals surface area (Å²) < 4.78 is 26.7. The van der Waals surface area contributed by atoms with Gasteiger partial charge in [-0.3, -0.25) is 9.36 Å². The number of ether oxygens (including phenoxy) is 2. The second-order valence-corrected chi connectivity index (χ2v) is 11.1. The summed E-state index contributed by atoms with van der Waals surface area (Å²) in [6.45, 7) is 5.99. The van der Waals surface area contributed by atoms with Gasteiger partial charge in [0.2, 0.25) is 5.95 Å². The predicted octanol–water partition coefficient (Wildman–Crippen LogP) is 3.37. The molecule has 1 saturated heterocycles. The van der Waals surface area contributed by atoms with Crippen molar-refractivity contribution in [2.24, 2.45) is 5.73 Å². The molecule has 2 aromatic carbocycles. The molecule has 42 heavy (non-hydrogen) atoms. The van der Waals surface area contributed by atoms with Gasteiger partial charge in [-0.25, -0.2) is 14.2 Å². The van der Waals surface area contributed by atoms with E-state index in [-0.39, 0.29) is 35.4 Å². The van der Waals surface area contributed by atoms with Crippen LogP contribution in [0.3, 0.4) is 0 Å². The van der Waals surface area contributed by atoms with E-state index in [9.17, 15) is 24.3 Å². The normalized spacial score (nSPS) is 14.7. The maximum absolute atomic E-state index is 14.8. The monoisotopic (exact) mass is 578 g/mol. The SMILES string of the molecule is COc1ccc(-c2c(-c3ccc(C#N)c(F)c3)nc(N3CCC(NC(=O)OC(C)(C)C)CC3)n(CC(N)O)c2=O)cc1. The first kappa shape index (κ1) is 30.5. The Bertz CT molecular complexity index is 1530. The third kappa shape index (κ3) is 7.05. The number of amides is 1. The largest absolute Gasteiger partial charge is 0.497 e. The van der Waals surface area contributed by atoms with Gasteiger partial charge in [0.1, 0.15) is 29.5 Å². The highest BCUT2D eigenvalue weighted by Crippen LogP contribution is 2.32. The number of carbonyl (C=O) groups is 1. The molecule has 0 saturated carbocycles. The third-order valence-electron chi connectivity index (χ3n) is 6.76. The molecule has 1 unspecified atom stereocenters. The number of methoxy groups -OCH3 is 1. The molecule has 1 aliphatic heterocycles. The van der Waals surface area contributed by atoms with Crippen molar-refractivity contribution in [2.75, 3.05) is 25.1 Å². The summed E-state index contributed by atoms with van der Waals surface area (Å²) in [5.74, 6) is 0.0849. The highest BCUT2D eigenvalue weighted by atomic mass is 19.1. The van der Waals surface area contributed by atoms with Gasteiger partial charge in [-0.1, -0.05) is 18.2 Å². The quantitative estimate of drug-likeness (QED) is 0.358. The number of benzene rings is 2. The van der Waals surface area contributed by atoms with E-state index in [0.717, 1.165) is 0 Å². The van der Waals surface area contributed by atoms with Gasteiger partial charge in [0, 0.05) is 24.7 Å². The average Bonchev–Trinajstić information content (AvgIpc) is 2.93. The molecule has 12 heteroatoms. The van der Waals surface area contributed by atoms with E-state index in [2.05, 4.69) is 5.32 Å². The number of nitrogens with one attached hydrogen (secondary N) is 1. The molecule has 222 valence electrons. The number of aliphatic hydroxyl groups excluding tert-OH is 1. The minimum atomic E-state index is -1.35. The maximum atomic E-state index is 14.8. The number of anilines is 1. The second kappa shape index (κ2) is 12.6. The number of piperidine rings is 1. The summed E-state index contributed by atoms with van der Waals surface area (Å²) in [5.41, 5.74) is 5.68. The molecule has 11 nitrogen and oxygen atoms in total. The molecule has 1 aromatic heterocycles. The number of alkyl carbamates (subject to hydrolysis) is 1. The average molecular weight is 579 g/mol. The Labute approximate surface area is 243 Å². The van der Waals surface area contributed by atoms with Crippen molar-refractivity contribution in [3.8, 4) is 34.2 Å². The fourth-order valence-corrected chi connectivity index (χ4v) is 4.81. The minimum Gasteiger partial charge on any atom is -0.497 e. The van der Waals surface area contributed by atoms with Crippen LogP contribution in [0.5, 0.6) is 5.75 Å². The summed E-state index contributed by atoms with van der Waals surface area (Å²) in [7, 11) is 1.53. The molecule has 4 N–H and O–H groups in total. The van der Waals surface area contributed by atoms with E-state index >= 15 is 0 Å². The number of aromatic nitrogens is 2. The van der Waals surface area contributed by atoms with Gasteiger partial charge in [0.15, 0.2) is 0 Å². The summed E-state index contributed by atoms with van der Waals surface area (Å²) in [5, 5.41) is 22.2. The van der Waals surface area contributed by atoms with Crippen molar-refractivity contribution < 1.29 is 23.8 Å². The molecule has 1 aliphatic rings. The lowest BCUT2D eigenvalue weighted by molar-refractivity contribution is 0.0497. The molecule has 1 amide bonds. The van der Waals surface area contributed by atoms with Gasteiger partial charge in [-0.2, -0.15) is 5.26 Å². The number of nitrogens with two attached hydrogens (primary N) is 1. The molecule has 1 fully saturated rings. The Kier molecular flexibility index (Phi) is 9.14. The van der Waals surface area contributed by atoms with E-state index in [0.29, 0.717) is 42.8 Å². The second-order valence-electron chi connectivity index (χ2n) is 11.1. The van der Waals surface area contributed by atoms with Crippen LogP contribution >= 0.6 is 0 Å². The van der Waals surface area contributed by atoms with Crippen LogP contribution in [0.2, 0.25) is 0 Å². The highest BCUT2D eigenvalue weighted by molar-refractivity contribution is 5.81. The van der Waals surface area contributed by atoms with Gasteiger partial charge < -0.3 is 30.5 Å². The van der Waals surface area contributed by atoms with Crippen molar-refractivity contribution in [3.05, 3.63) is 64.2 Å². The number of halogens is 1. The van der Waals surface area contributed by atoms with E-state index in [4.69, 9.17) is 20.2 Å². The molecular formula is C30H35FN6O5. The highest BCUT2D eigenvalue weighted by Gasteiger charge is 2.28. The first-order valence-electron chi connectivity index (χ1n) is 13.6. The van der Waals surface area contributed by atoms with Crippen molar-refractivity contribution in [3.63, 3.8) is 0 Å². The smallest absolute Gasteiger partial charge is 0.407 e. The Hall–Kier alpha value is -4.47. The molecule has 1 atom stereocenters. The first-order chi connectivity index (χ1) is 19.9. The van der Waals surface area contributed by atoms with E-state index in [1.807, 2.05) is 4.90 Å². The van der Waals surface area contributed by atoms with Crippen molar-refractivity contribution in [1.29, 1.82) is 5.26 Å². The van der Waals surface area contributed by atoms with Gasteiger partial charge in [-0.15, -0.1) is 0 Å². The van der Waals surface area contributed by atoms with Crippen molar-refractivity contribution in [2.45, 2.75) is 58.0 Å². The van der Waals surface area contributed by atoms with Crippen LogP contribution in [0.1, 0.15) is 39.2 Å². The van der Waals surface area contributed by atoms with Gasteiger partial charge >= 0.3 is 6.09 Å². The zero-order chi connectivity index (χ0) is 30.6. The number of rotatable bonds is 7. The van der Waals surface area contributed by atoms with Gasteiger partial charge in [0.05, 0.1) is 30.5 Å².